The van der Waals surface area contributed by atoms with Gasteiger partial charge in [-0.1, -0.05) is 84.9 Å². The van der Waals surface area contributed by atoms with Crippen LogP contribution < -0.4 is 47.7 Å². The molecule has 1 spiro atoms. The summed E-state index contributed by atoms with van der Waals surface area (Å²) in [7, 11) is 1.84. The maximum atomic E-state index is 15.5. The monoisotopic (exact) mass is 1450 g/mol. The highest BCUT2D eigenvalue weighted by Crippen LogP contribution is 2.49. The largest absolute Gasteiger partial charge is 0.458 e. The molecular formula is C77H85FN14O14. The molecule has 3 unspecified atom stereocenters. The highest BCUT2D eigenvalue weighted by Gasteiger charge is 2.47. The second-order valence-electron chi connectivity index (χ2n) is 28.2. The number of fused-ring (bicyclic) bond motifs is 10. The fourth-order valence-electron chi connectivity index (χ4n) is 15.8. The van der Waals surface area contributed by atoms with E-state index in [2.05, 4.69) is 47.5 Å². The summed E-state index contributed by atoms with van der Waals surface area (Å²) in [5.41, 5.74) is 6.70. The number of nitrogens with zero attached hydrogens (tertiary/aromatic N) is 7. The first-order valence-electron chi connectivity index (χ1n) is 36.1. The number of carbonyl (C=O) groups is 10. The Morgan fingerprint density at radius 2 is 1.40 bits per heavy atom. The van der Waals surface area contributed by atoms with Gasteiger partial charge in [0.1, 0.15) is 24.2 Å². The van der Waals surface area contributed by atoms with E-state index < -0.39 is 96.7 Å². The van der Waals surface area contributed by atoms with Gasteiger partial charge in [-0.05, 0) is 110 Å². The molecule has 7 aromatic rings. The molecule has 9 amide bonds. The molecule has 0 bridgehead atoms. The van der Waals surface area contributed by atoms with Gasteiger partial charge in [0.25, 0.3) is 5.56 Å². The number of aromatic nitrogens is 5. The molecule has 29 heteroatoms. The van der Waals surface area contributed by atoms with Crippen molar-refractivity contribution in [3.8, 4) is 33.9 Å². The van der Waals surface area contributed by atoms with Gasteiger partial charge in [0.05, 0.1) is 98.8 Å². The molecule has 106 heavy (non-hydrogen) atoms. The third-order valence-corrected chi connectivity index (χ3v) is 21.8. The third kappa shape index (κ3) is 15.3. The summed E-state index contributed by atoms with van der Waals surface area (Å²) in [6, 6.07) is 25.3. The molecule has 28 nitrogen and oxygen atoms in total. The number of esters is 1. The molecule has 6 aliphatic rings. The Kier molecular flexibility index (Phi) is 21.6. The summed E-state index contributed by atoms with van der Waals surface area (Å²) in [4.78, 5) is 155. The third-order valence-electron chi connectivity index (χ3n) is 21.8. The average molecular weight is 1450 g/mol. The molecular weight excluding hydrogens is 1360 g/mol. The lowest BCUT2D eigenvalue weighted by atomic mass is 9.65. The predicted molar refractivity (Wildman–Crippen MR) is 383 cm³/mol. The summed E-state index contributed by atoms with van der Waals surface area (Å²) in [6.07, 6.45) is 5.65. The number of carbonyl (C=O) groups excluding carboxylic acids is 10. The van der Waals surface area contributed by atoms with Crippen LogP contribution in [0.3, 0.4) is 0 Å². The zero-order valence-electron chi connectivity index (χ0n) is 59.3. The van der Waals surface area contributed by atoms with E-state index in [1.165, 1.54) is 10.6 Å². The van der Waals surface area contributed by atoms with E-state index in [4.69, 9.17) is 14.5 Å². The topological polar surface area (TPSA) is 366 Å². The number of piperidine rings is 1. The van der Waals surface area contributed by atoms with Gasteiger partial charge in [-0.15, -0.1) is 5.10 Å². The Bertz CT molecular complexity index is 4730. The van der Waals surface area contributed by atoms with Crippen molar-refractivity contribution < 1.29 is 66.9 Å². The molecule has 2 fully saturated rings. The number of para-hydroxylation sites is 1. The predicted octanol–water partition coefficient (Wildman–Crippen LogP) is 3.93. The summed E-state index contributed by atoms with van der Waals surface area (Å²) in [6.45, 7) is 2.66. The summed E-state index contributed by atoms with van der Waals surface area (Å²) < 4.78 is 29.6. The summed E-state index contributed by atoms with van der Waals surface area (Å²) in [5, 5.41) is 39.4. The van der Waals surface area contributed by atoms with Crippen LogP contribution in [-0.2, 0) is 103 Å². The van der Waals surface area contributed by atoms with Gasteiger partial charge in [0, 0.05) is 85.6 Å². The number of aliphatic hydroxyl groups is 1. The van der Waals surface area contributed by atoms with Crippen molar-refractivity contribution in [1.82, 2.24) is 66.7 Å². The number of nitrogens with one attached hydrogen (secondary N) is 7. The minimum atomic E-state index is -2.07. The number of anilines is 1. The van der Waals surface area contributed by atoms with Crippen molar-refractivity contribution in [3.63, 3.8) is 0 Å². The maximum Gasteiger partial charge on any atom is 0.343 e. The Morgan fingerprint density at radius 1 is 0.717 bits per heavy atom. The van der Waals surface area contributed by atoms with Gasteiger partial charge >= 0.3 is 5.97 Å². The lowest BCUT2D eigenvalue weighted by Gasteiger charge is -2.45. The number of amides is 9. The zero-order chi connectivity index (χ0) is 74.6. The van der Waals surface area contributed by atoms with Crippen LogP contribution in [0.1, 0.15) is 128 Å². The Labute approximate surface area is 609 Å². The van der Waals surface area contributed by atoms with Gasteiger partial charge in [-0.25, -0.2) is 18.9 Å². The van der Waals surface area contributed by atoms with Gasteiger partial charge < -0.3 is 66.2 Å². The van der Waals surface area contributed by atoms with E-state index in [-0.39, 0.29) is 111 Å². The van der Waals surface area contributed by atoms with Crippen molar-refractivity contribution in [2.75, 3.05) is 63.9 Å². The molecule has 8 N–H and O–H groups in total. The molecule has 554 valence electrons. The van der Waals surface area contributed by atoms with Crippen LogP contribution in [0.25, 0.3) is 44.8 Å². The SMILES string of the molecule is CCC1(O)C(=O)OCc2c1cc1n(c2=O)Cc2c-1nc1cc(F)c(C)c3c1c2C(NC(=O)CNC(=O)CNC(=O)C(Cc1ccccc1)NC(=O)CNC(=O)CNC(=O)CCOCCC(=O)N1CCC2(CCC(C(=O)NCCC(=O)N4Cc5ccccc5-c5nnn(C)c5-c5ccccc54)CC2)CC1)CC3. The van der Waals surface area contributed by atoms with E-state index in [9.17, 15) is 57.8 Å². The molecule has 3 aromatic heterocycles. The number of rotatable bonds is 24. The van der Waals surface area contributed by atoms with Crippen LogP contribution in [-0.4, -0.2) is 159 Å². The number of pyridine rings is 2. The maximum absolute atomic E-state index is 15.5. The highest BCUT2D eigenvalue weighted by molar-refractivity contribution is 6.01. The van der Waals surface area contributed by atoms with Gasteiger partial charge in [0.2, 0.25) is 53.2 Å². The average Bonchev–Trinajstić information content (AvgIpc) is 1.51. The zero-order valence-corrected chi connectivity index (χ0v) is 59.3. The molecule has 4 aromatic carbocycles. The molecule has 3 atom stereocenters. The minimum absolute atomic E-state index is 0.00306. The molecule has 4 aliphatic heterocycles. The number of aryl methyl sites for hydroxylation is 2. The van der Waals surface area contributed by atoms with Crippen molar-refractivity contribution >= 4 is 75.7 Å². The number of likely N-dealkylation sites (tertiary alicyclic amines) is 1. The standard InChI is InChI=1S/C77H85FN14O14/c1-4-77(104)53-35-59-69-51(42-92(59)74(102)52(53)43-106-75(77)103)68-55(19-18-48-44(2)54(78)36-56(86-69)67(48)68)84-63(96)39-82-62(95)38-83-73(101)57(34-45-12-6-5-7-13-45)85-64(97)40-81-61(94)37-80-60(93)23-32-105-33-24-65(98)90-30-27-76(28-31-90)25-20-46(21-26-76)72(100)79-29-22-66(99)91-41-47-14-8-9-15-49(47)70-71(89(3)88-87-70)50-16-10-11-17-58(50)91/h5-17,35-36,46,55,57,104H,4,18-34,37-43H2,1-3H3,(H,79,100)(H,80,93)(H,81,94)(H,82,95)(H,83,101)(H,84,96)(H,85,97). The lowest BCUT2D eigenvalue weighted by molar-refractivity contribution is -0.172. The Hall–Kier alpha value is -11.1. The van der Waals surface area contributed by atoms with Crippen LogP contribution in [0.2, 0.25) is 0 Å². The molecule has 7 heterocycles. The second-order valence-corrected chi connectivity index (χ2v) is 28.2. The van der Waals surface area contributed by atoms with Crippen molar-refractivity contribution in [2.24, 2.45) is 18.4 Å². The molecule has 13 rings (SSSR count). The quantitative estimate of drug-likeness (QED) is 0.0314. The number of ether oxygens (including phenoxy) is 2. The number of hydrogen-bond acceptors (Lipinski definition) is 17. The number of hydrogen-bond donors (Lipinski definition) is 8. The van der Waals surface area contributed by atoms with Gasteiger partial charge in [-0.2, -0.15) is 0 Å². The number of cyclic esters (lactones) is 1. The summed E-state index contributed by atoms with van der Waals surface area (Å²) in [5.74, 6) is -5.73. The number of halogens is 1. The van der Waals surface area contributed by atoms with Crippen LogP contribution >= 0.6 is 0 Å². The van der Waals surface area contributed by atoms with Crippen LogP contribution in [0.4, 0.5) is 10.1 Å². The van der Waals surface area contributed by atoms with E-state index in [0.717, 1.165) is 72.3 Å². The van der Waals surface area contributed by atoms with Crippen LogP contribution in [0, 0.1) is 24.1 Å². The number of benzene rings is 4. The molecule has 0 radical (unpaired) electrons. The fraction of sp³-hybridized carbons (Fsp3) is 0.429. The van der Waals surface area contributed by atoms with Gasteiger partial charge in [0.15, 0.2) is 5.60 Å². The van der Waals surface area contributed by atoms with Crippen LogP contribution in [0.5, 0.6) is 0 Å². The molecule has 1 saturated heterocycles. The Balaban J connectivity index is 0.501. The molecule has 2 aliphatic carbocycles. The molecule has 1 saturated carbocycles. The van der Waals surface area contributed by atoms with Gasteiger partial charge in [-0.3, -0.25) is 47.9 Å². The first-order chi connectivity index (χ1) is 51.1. The van der Waals surface area contributed by atoms with E-state index >= 15 is 4.39 Å². The van der Waals surface area contributed by atoms with E-state index in [1.807, 2.05) is 60.5 Å². The fourth-order valence-corrected chi connectivity index (χ4v) is 15.8. The second kappa shape index (κ2) is 31.3. The normalized spacial score (nSPS) is 17.7. The van der Waals surface area contributed by atoms with E-state index in [1.54, 1.807) is 59.8 Å². The van der Waals surface area contributed by atoms with Crippen molar-refractivity contribution in [2.45, 2.75) is 135 Å². The first-order valence-corrected chi connectivity index (χ1v) is 36.1. The first kappa shape index (κ1) is 73.3. The van der Waals surface area contributed by atoms with Crippen molar-refractivity contribution in [3.05, 3.63) is 152 Å². The smallest absolute Gasteiger partial charge is 0.343 e. The van der Waals surface area contributed by atoms with Crippen molar-refractivity contribution in [1.29, 1.82) is 0 Å². The van der Waals surface area contributed by atoms with Crippen LogP contribution in [0.15, 0.2) is 95.8 Å². The lowest BCUT2D eigenvalue weighted by Crippen LogP contribution is -2.52. The Morgan fingerprint density at radius 3 is 2.15 bits per heavy atom. The highest BCUT2D eigenvalue weighted by atomic mass is 19.1. The minimum Gasteiger partial charge on any atom is -0.458 e. The summed E-state index contributed by atoms with van der Waals surface area (Å²) >= 11 is 0. The van der Waals surface area contributed by atoms with E-state index in [0.29, 0.717) is 77.1 Å².